The minimum absolute atomic E-state index is 0.100. The predicted octanol–water partition coefficient (Wildman–Crippen LogP) is 0.861. The molecule has 1 aliphatic rings. The van der Waals surface area contributed by atoms with Crippen molar-refractivity contribution >= 4 is 23.9 Å². The maximum absolute atomic E-state index is 11.6. The summed E-state index contributed by atoms with van der Waals surface area (Å²) in [6.07, 6.45) is 1.63. The molecule has 0 aliphatic carbocycles. The first kappa shape index (κ1) is 11.5. The van der Waals surface area contributed by atoms with Crippen molar-refractivity contribution in [3.63, 3.8) is 0 Å². The Balaban J connectivity index is 2.47. The molecule has 0 amide bonds. The standard InChI is InChI=1S/C9H10BN3O4/c1-2-10-9(14)4-7-8(12(10)15)3-6(5-11-7)13(16)17/h3,5,15H,2,4H2,1H3. The molecule has 8 heteroatoms. The number of rotatable bonds is 2. The number of aromatic nitrogens is 1. The van der Waals surface area contributed by atoms with Crippen LogP contribution in [0.2, 0.25) is 6.32 Å². The molecule has 1 N–H and O–H groups in total. The van der Waals surface area contributed by atoms with Crippen molar-refractivity contribution < 1.29 is 14.9 Å². The van der Waals surface area contributed by atoms with E-state index in [9.17, 15) is 20.1 Å². The van der Waals surface area contributed by atoms with E-state index in [0.717, 1.165) is 11.2 Å². The Kier molecular flexibility index (Phi) is 2.80. The van der Waals surface area contributed by atoms with Crippen LogP contribution >= 0.6 is 0 Å². The van der Waals surface area contributed by atoms with Crippen LogP contribution in [0.5, 0.6) is 0 Å². The molecule has 0 unspecified atom stereocenters. The lowest BCUT2D eigenvalue weighted by atomic mass is 9.52. The quantitative estimate of drug-likeness (QED) is 0.463. The van der Waals surface area contributed by atoms with Crippen molar-refractivity contribution in [3.8, 4) is 0 Å². The number of nitrogens with zero attached hydrogens (tertiary/aromatic N) is 3. The van der Waals surface area contributed by atoms with Gasteiger partial charge >= 0.3 is 6.85 Å². The lowest BCUT2D eigenvalue weighted by Gasteiger charge is -2.28. The van der Waals surface area contributed by atoms with Gasteiger partial charge in [0.05, 0.1) is 16.3 Å². The highest BCUT2D eigenvalue weighted by atomic mass is 16.6. The van der Waals surface area contributed by atoms with E-state index in [4.69, 9.17) is 0 Å². The second-order valence-electron chi connectivity index (χ2n) is 3.83. The van der Waals surface area contributed by atoms with E-state index in [1.165, 1.54) is 6.07 Å². The summed E-state index contributed by atoms with van der Waals surface area (Å²) in [6, 6.07) is 1.23. The van der Waals surface area contributed by atoms with Gasteiger partial charge in [0.1, 0.15) is 11.9 Å². The minimum Gasteiger partial charge on any atom is -0.308 e. The van der Waals surface area contributed by atoms with Crippen molar-refractivity contribution in [3.05, 3.63) is 28.1 Å². The number of nitro groups is 1. The van der Waals surface area contributed by atoms with Crippen LogP contribution in [0.25, 0.3) is 0 Å². The molecule has 17 heavy (non-hydrogen) atoms. The zero-order valence-electron chi connectivity index (χ0n) is 9.16. The Morgan fingerprint density at radius 1 is 1.71 bits per heavy atom. The number of fused-ring (bicyclic) bond motifs is 1. The van der Waals surface area contributed by atoms with Gasteiger partial charge in [-0.1, -0.05) is 6.92 Å². The summed E-state index contributed by atoms with van der Waals surface area (Å²) >= 11 is 0. The van der Waals surface area contributed by atoms with Crippen LogP contribution in [-0.4, -0.2) is 27.6 Å². The smallest absolute Gasteiger partial charge is 0.308 e. The first-order valence-electron chi connectivity index (χ1n) is 5.18. The molecule has 1 aromatic rings. The normalized spacial score (nSPS) is 14.8. The van der Waals surface area contributed by atoms with Gasteiger partial charge in [0.25, 0.3) is 5.69 Å². The van der Waals surface area contributed by atoms with Crippen molar-refractivity contribution in [2.45, 2.75) is 19.7 Å². The second kappa shape index (κ2) is 4.13. The summed E-state index contributed by atoms with van der Waals surface area (Å²) < 4.78 is 0. The van der Waals surface area contributed by atoms with E-state index in [2.05, 4.69) is 4.98 Å². The largest absolute Gasteiger partial charge is 0.364 e. The first-order valence-corrected chi connectivity index (χ1v) is 5.18. The molecule has 1 aromatic heterocycles. The number of hydrogen-bond donors (Lipinski definition) is 1. The third-order valence-corrected chi connectivity index (χ3v) is 2.79. The van der Waals surface area contributed by atoms with E-state index in [-0.39, 0.29) is 23.5 Å². The molecule has 0 fully saturated rings. The fraction of sp³-hybridized carbons (Fsp3) is 0.333. The fourth-order valence-electron chi connectivity index (χ4n) is 1.89. The van der Waals surface area contributed by atoms with Crippen LogP contribution in [0.1, 0.15) is 12.6 Å². The monoisotopic (exact) mass is 235 g/mol. The van der Waals surface area contributed by atoms with E-state index in [1.54, 1.807) is 6.92 Å². The third kappa shape index (κ3) is 1.87. The fourth-order valence-corrected chi connectivity index (χ4v) is 1.89. The summed E-state index contributed by atoms with van der Waals surface area (Å²) in [6.45, 7) is 1.12. The summed E-state index contributed by atoms with van der Waals surface area (Å²) in [5, 5.41) is 20.5. The molecule has 88 valence electrons. The Bertz CT molecular complexity index is 493. The zero-order chi connectivity index (χ0) is 12.6. The van der Waals surface area contributed by atoms with Crippen molar-refractivity contribution in [1.29, 1.82) is 0 Å². The Morgan fingerprint density at radius 3 is 3.00 bits per heavy atom. The SMILES string of the molecule is CCB1C(=O)Cc2ncc([N+](=O)[O-])cc2N1O. The highest BCUT2D eigenvalue weighted by molar-refractivity contribution is 6.92. The maximum atomic E-state index is 11.6. The third-order valence-electron chi connectivity index (χ3n) is 2.79. The van der Waals surface area contributed by atoms with Gasteiger partial charge in [0.15, 0.2) is 0 Å². The van der Waals surface area contributed by atoms with Crippen molar-refractivity contribution in [1.82, 2.24) is 4.98 Å². The molecule has 0 atom stereocenters. The topological polar surface area (TPSA) is 96.6 Å². The summed E-state index contributed by atoms with van der Waals surface area (Å²) in [5.41, 5.74) is 0.273. The highest BCUT2D eigenvalue weighted by Crippen LogP contribution is 2.28. The number of carbonyl (C=O) groups is 1. The number of pyridine rings is 1. The number of anilines is 1. The van der Waals surface area contributed by atoms with Crippen LogP contribution in [0, 0.1) is 10.1 Å². The van der Waals surface area contributed by atoms with Gasteiger partial charge in [-0.25, -0.2) is 0 Å². The molecule has 7 nitrogen and oxygen atoms in total. The molecule has 2 rings (SSSR count). The van der Waals surface area contributed by atoms with E-state index in [1.807, 2.05) is 0 Å². The lowest BCUT2D eigenvalue weighted by Crippen LogP contribution is -2.48. The molecule has 0 aromatic carbocycles. The average Bonchev–Trinajstić information content (AvgIpc) is 2.29. The number of hydrogen-bond acceptors (Lipinski definition) is 6. The van der Waals surface area contributed by atoms with Gasteiger partial charge in [-0.2, -0.15) is 0 Å². The van der Waals surface area contributed by atoms with Gasteiger partial charge in [0.2, 0.25) is 0 Å². The highest BCUT2D eigenvalue weighted by Gasteiger charge is 2.37. The van der Waals surface area contributed by atoms with Crippen molar-refractivity contribution in [2.24, 2.45) is 0 Å². The Labute approximate surface area is 97.3 Å². The number of carbonyl (C=O) groups excluding carboxylic acids is 1. The van der Waals surface area contributed by atoms with Gasteiger partial charge in [-0.05, 0) is 6.32 Å². The molecular weight excluding hydrogens is 225 g/mol. The van der Waals surface area contributed by atoms with Crippen LogP contribution in [0.3, 0.4) is 0 Å². The zero-order valence-corrected chi connectivity index (χ0v) is 9.16. The molecule has 0 spiro atoms. The second-order valence-corrected chi connectivity index (χ2v) is 3.83. The lowest BCUT2D eigenvalue weighted by molar-refractivity contribution is -0.385. The summed E-state index contributed by atoms with van der Waals surface area (Å²) in [5.74, 6) is 0. The molecule has 0 saturated carbocycles. The predicted molar refractivity (Wildman–Crippen MR) is 60.1 cm³/mol. The van der Waals surface area contributed by atoms with Gasteiger partial charge in [-0.15, -0.1) is 0 Å². The molecule has 2 heterocycles. The van der Waals surface area contributed by atoms with Gasteiger partial charge < -0.3 is 10.0 Å². The van der Waals surface area contributed by atoms with E-state index in [0.29, 0.717) is 12.0 Å². The summed E-state index contributed by atoms with van der Waals surface area (Å²) in [7, 11) is 0. The van der Waals surface area contributed by atoms with Crippen LogP contribution in [0.15, 0.2) is 12.3 Å². The molecule has 0 bridgehead atoms. The van der Waals surface area contributed by atoms with Gasteiger partial charge in [-0.3, -0.25) is 20.1 Å². The summed E-state index contributed by atoms with van der Waals surface area (Å²) in [4.78, 5) is 26.3. The van der Waals surface area contributed by atoms with E-state index < -0.39 is 11.8 Å². The minimum atomic E-state index is -0.647. The van der Waals surface area contributed by atoms with Crippen LogP contribution in [0.4, 0.5) is 11.4 Å². The van der Waals surface area contributed by atoms with E-state index >= 15 is 0 Å². The first-order chi connectivity index (χ1) is 8.04. The Morgan fingerprint density at radius 2 is 2.41 bits per heavy atom. The van der Waals surface area contributed by atoms with Crippen molar-refractivity contribution in [2.75, 3.05) is 4.97 Å². The maximum Gasteiger partial charge on any atom is 0.364 e. The average molecular weight is 235 g/mol. The molecular formula is C9H10BN3O4. The molecule has 1 aliphatic heterocycles. The van der Waals surface area contributed by atoms with Crippen LogP contribution < -0.4 is 4.97 Å². The molecule has 0 radical (unpaired) electrons. The Hall–Kier alpha value is -1.96. The van der Waals surface area contributed by atoms with Crippen LogP contribution in [-0.2, 0) is 11.2 Å². The van der Waals surface area contributed by atoms with Gasteiger partial charge in [0, 0.05) is 12.5 Å². The molecule has 0 saturated heterocycles.